The third-order valence-electron chi connectivity index (χ3n) is 4.59. The van der Waals surface area contributed by atoms with Crippen LogP contribution in [0.1, 0.15) is 5.56 Å². The summed E-state index contributed by atoms with van der Waals surface area (Å²) in [7, 11) is 2.13. The average Bonchev–Trinajstić information content (AvgIpc) is 2.63. The zero-order valence-electron chi connectivity index (χ0n) is 13.9. The summed E-state index contributed by atoms with van der Waals surface area (Å²) in [4.78, 5) is 4.22. The summed E-state index contributed by atoms with van der Waals surface area (Å²) in [6.45, 7) is 2.16. The van der Waals surface area contributed by atoms with Gasteiger partial charge in [-0.3, -0.25) is 4.98 Å². The third-order valence-corrected chi connectivity index (χ3v) is 4.59. The normalized spacial score (nSPS) is 10.9. The van der Waals surface area contributed by atoms with Crippen molar-refractivity contribution in [1.82, 2.24) is 4.98 Å². The maximum Gasteiger partial charge on any atom is 0.213 e. The van der Waals surface area contributed by atoms with Crippen LogP contribution in [0.4, 0.5) is 0 Å². The van der Waals surface area contributed by atoms with Gasteiger partial charge in [0.05, 0.1) is 0 Å². The molecule has 0 amide bonds. The first-order chi connectivity index (χ1) is 11.7. The first-order valence-corrected chi connectivity index (χ1v) is 8.13. The fraction of sp³-hybridized carbons (Fsp3) is 0.0909. The number of pyridine rings is 2. The molecule has 0 aliphatic carbocycles. The molecular formula is C22H19N2+. The van der Waals surface area contributed by atoms with E-state index in [-0.39, 0.29) is 0 Å². The summed E-state index contributed by atoms with van der Waals surface area (Å²) in [6, 6.07) is 23.6. The molecule has 0 saturated heterocycles. The topological polar surface area (TPSA) is 16.8 Å². The molecule has 0 aliphatic rings. The summed E-state index contributed by atoms with van der Waals surface area (Å²) in [5.41, 5.74) is 7.36. The second-order valence-electron chi connectivity index (χ2n) is 6.11. The summed E-state index contributed by atoms with van der Waals surface area (Å²) < 4.78 is 2.27. The monoisotopic (exact) mass is 311 g/mol. The van der Waals surface area contributed by atoms with E-state index in [1.54, 1.807) is 6.20 Å². The Morgan fingerprint density at radius 2 is 1.71 bits per heavy atom. The summed E-state index contributed by atoms with van der Waals surface area (Å²) in [5.74, 6) is 0. The maximum atomic E-state index is 4.22. The number of rotatable bonds is 2. The number of benzene rings is 2. The van der Waals surface area contributed by atoms with Crippen molar-refractivity contribution in [2.75, 3.05) is 0 Å². The molecule has 2 aromatic heterocycles. The number of nitrogens with zero attached hydrogens (tertiary/aromatic N) is 2. The fourth-order valence-electron chi connectivity index (χ4n) is 3.25. The molecule has 0 bridgehead atoms. The van der Waals surface area contributed by atoms with Gasteiger partial charge in [-0.25, -0.2) is 0 Å². The van der Waals surface area contributed by atoms with Crippen molar-refractivity contribution in [1.29, 1.82) is 0 Å². The van der Waals surface area contributed by atoms with Crippen molar-refractivity contribution in [2.45, 2.75) is 6.92 Å². The van der Waals surface area contributed by atoms with E-state index in [0.717, 1.165) is 5.56 Å². The molecular weight excluding hydrogens is 292 g/mol. The van der Waals surface area contributed by atoms with Crippen molar-refractivity contribution in [3.05, 3.63) is 84.7 Å². The molecule has 2 aromatic carbocycles. The second kappa shape index (κ2) is 5.89. The molecule has 24 heavy (non-hydrogen) atoms. The minimum atomic E-state index is 1.14. The van der Waals surface area contributed by atoms with Crippen LogP contribution in [0.15, 0.2) is 79.1 Å². The van der Waals surface area contributed by atoms with Gasteiger partial charge in [-0.1, -0.05) is 24.3 Å². The van der Waals surface area contributed by atoms with Gasteiger partial charge in [0.1, 0.15) is 7.05 Å². The van der Waals surface area contributed by atoms with Crippen LogP contribution in [-0.2, 0) is 7.05 Å². The molecule has 4 rings (SSSR count). The summed E-state index contributed by atoms with van der Waals surface area (Å²) in [6.07, 6.45) is 3.71. The van der Waals surface area contributed by atoms with E-state index < -0.39 is 0 Å². The van der Waals surface area contributed by atoms with E-state index in [1.165, 1.54) is 33.3 Å². The van der Waals surface area contributed by atoms with Crippen LogP contribution in [0, 0.1) is 6.92 Å². The van der Waals surface area contributed by atoms with E-state index >= 15 is 0 Å². The number of aryl methyl sites for hydroxylation is 2. The predicted octanol–water partition coefficient (Wildman–Crippen LogP) is 4.70. The fourth-order valence-corrected chi connectivity index (χ4v) is 3.25. The van der Waals surface area contributed by atoms with Crippen molar-refractivity contribution >= 4 is 10.9 Å². The molecule has 2 heterocycles. The Balaban J connectivity index is 1.88. The SMILES string of the molecule is Cc1ccccc1-c1ccc2cc(-c3cccnc3)ccc2[n+]1C. The third kappa shape index (κ3) is 2.46. The Morgan fingerprint density at radius 3 is 2.50 bits per heavy atom. The van der Waals surface area contributed by atoms with Gasteiger partial charge in [-0.15, -0.1) is 0 Å². The Bertz CT molecular complexity index is 1020. The van der Waals surface area contributed by atoms with Crippen LogP contribution in [0.25, 0.3) is 33.3 Å². The summed E-state index contributed by atoms with van der Waals surface area (Å²) >= 11 is 0. The highest BCUT2D eigenvalue weighted by molar-refractivity contribution is 5.83. The zero-order valence-corrected chi connectivity index (χ0v) is 13.9. The predicted molar refractivity (Wildman–Crippen MR) is 98.5 cm³/mol. The smallest absolute Gasteiger partial charge is 0.213 e. The van der Waals surface area contributed by atoms with Crippen molar-refractivity contribution in [2.24, 2.45) is 7.05 Å². The molecule has 2 heteroatoms. The van der Waals surface area contributed by atoms with Gasteiger partial charge < -0.3 is 0 Å². The van der Waals surface area contributed by atoms with Crippen molar-refractivity contribution in [3.63, 3.8) is 0 Å². The molecule has 0 N–H and O–H groups in total. The number of hydrogen-bond acceptors (Lipinski definition) is 1. The lowest BCUT2D eigenvalue weighted by Gasteiger charge is -2.07. The van der Waals surface area contributed by atoms with Crippen LogP contribution in [0.5, 0.6) is 0 Å². The molecule has 0 fully saturated rings. The molecule has 0 atom stereocenters. The molecule has 116 valence electrons. The Morgan fingerprint density at radius 1 is 0.833 bits per heavy atom. The molecule has 0 aliphatic heterocycles. The van der Waals surface area contributed by atoms with E-state index in [0.29, 0.717) is 0 Å². The van der Waals surface area contributed by atoms with Crippen LogP contribution >= 0.6 is 0 Å². The van der Waals surface area contributed by atoms with Gasteiger partial charge in [0, 0.05) is 41.0 Å². The Kier molecular flexibility index (Phi) is 3.58. The Labute approximate surface area is 142 Å². The number of fused-ring (bicyclic) bond motifs is 1. The first-order valence-electron chi connectivity index (χ1n) is 8.13. The first kappa shape index (κ1) is 14.6. The van der Waals surface area contributed by atoms with Gasteiger partial charge in [0.25, 0.3) is 0 Å². The molecule has 0 radical (unpaired) electrons. The van der Waals surface area contributed by atoms with Gasteiger partial charge in [-0.05, 0) is 48.4 Å². The van der Waals surface area contributed by atoms with E-state index in [9.17, 15) is 0 Å². The summed E-state index contributed by atoms with van der Waals surface area (Å²) in [5, 5.41) is 1.23. The zero-order chi connectivity index (χ0) is 16.5. The van der Waals surface area contributed by atoms with Gasteiger partial charge in [0.15, 0.2) is 0 Å². The lowest BCUT2D eigenvalue weighted by atomic mass is 10.0. The minimum absolute atomic E-state index is 1.14. The standard InChI is InChI=1S/C22H19N2/c1-16-6-3-4-8-20(16)22-12-10-18-14-17(9-11-21(18)24(22)2)19-7-5-13-23-15-19/h3-15H,1-2H3/q+1. The number of aromatic nitrogens is 2. The van der Waals surface area contributed by atoms with Crippen LogP contribution < -0.4 is 4.57 Å². The lowest BCUT2D eigenvalue weighted by molar-refractivity contribution is -0.633. The lowest BCUT2D eigenvalue weighted by Crippen LogP contribution is -2.32. The molecule has 4 aromatic rings. The van der Waals surface area contributed by atoms with Gasteiger partial charge >= 0.3 is 0 Å². The Hall–Kier alpha value is -3.00. The average molecular weight is 311 g/mol. The second-order valence-corrected chi connectivity index (χ2v) is 6.11. The van der Waals surface area contributed by atoms with Crippen LogP contribution in [0.2, 0.25) is 0 Å². The number of hydrogen-bond donors (Lipinski definition) is 0. The molecule has 2 nitrogen and oxygen atoms in total. The highest BCUT2D eigenvalue weighted by Crippen LogP contribution is 2.25. The van der Waals surface area contributed by atoms with Crippen molar-refractivity contribution in [3.8, 4) is 22.4 Å². The molecule has 0 saturated carbocycles. The van der Waals surface area contributed by atoms with E-state index in [4.69, 9.17) is 0 Å². The quantitative estimate of drug-likeness (QED) is 0.490. The highest BCUT2D eigenvalue weighted by atomic mass is 14.9. The van der Waals surface area contributed by atoms with Crippen LogP contribution in [0.3, 0.4) is 0 Å². The van der Waals surface area contributed by atoms with Gasteiger partial charge in [-0.2, -0.15) is 4.57 Å². The molecule has 0 spiro atoms. The minimum Gasteiger partial charge on any atom is -0.264 e. The van der Waals surface area contributed by atoms with Crippen LogP contribution in [-0.4, -0.2) is 4.98 Å². The van der Waals surface area contributed by atoms with Crippen molar-refractivity contribution < 1.29 is 4.57 Å². The highest BCUT2D eigenvalue weighted by Gasteiger charge is 2.15. The van der Waals surface area contributed by atoms with E-state index in [1.807, 2.05) is 12.3 Å². The van der Waals surface area contributed by atoms with Gasteiger partial charge in [0.2, 0.25) is 11.2 Å². The molecule has 0 unspecified atom stereocenters. The maximum absolute atomic E-state index is 4.22. The largest absolute Gasteiger partial charge is 0.264 e. The van der Waals surface area contributed by atoms with E-state index in [2.05, 4.69) is 84.2 Å².